The van der Waals surface area contributed by atoms with Gasteiger partial charge >= 0.3 is 0 Å². The Bertz CT molecular complexity index is 584. The lowest BCUT2D eigenvalue weighted by molar-refractivity contribution is 0.102. The van der Waals surface area contributed by atoms with Gasteiger partial charge in [-0.1, -0.05) is 13.0 Å². The number of nitrogens with zero attached hydrogens (tertiary/aromatic N) is 2. The van der Waals surface area contributed by atoms with Crippen LogP contribution in [0.4, 0.5) is 11.5 Å². The monoisotopic (exact) mass is 270 g/mol. The molecule has 0 bridgehead atoms. The minimum absolute atomic E-state index is 0.191. The van der Waals surface area contributed by atoms with Crippen molar-refractivity contribution in [1.29, 1.82) is 0 Å². The van der Waals surface area contributed by atoms with Crippen LogP contribution in [0.15, 0.2) is 36.5 Å². The average molecular weight is 270 g/mol. The molecule has 1 heterocycles. The minimum atomic E-state index is -0.191. The third-order valence-corrected chi connectivity index (χ3v) is 2.80. The van der Waals surface area contributed by atoms with Gasteiger partial charge in [-0.05, 0) is 43.2 Å². The molecule has 1 amide bonds. The largest absolute Gasteiger partial charge is 0.384 e. The first-order valence-electron chi connectivity index (χ1n) is 6.64. The highest BCUT2D eigenvalue weighted by Crippen LogP contribution is 2.19. The topological polar surface area (TPSA) is 66.9 Å². The summed E-state index contributed by atoms with van der Waals surface area (Å²) in [6, 6.07) is 9.15. The quantitative estimate of drug-likeness (QED) is 0.876. The molecular formula is C15H18N4O. The van der Waals surface area contributed by atoms with Gasteiger partial charge in [0.05, 0.1) is 5.56 Å². The maximum Gasteiger partial charge on any atom is 0.258 e. The first kappa shape index (κ1) is 14.0. The van der Waals surface area contributed by atoms with E-state index in [1.807, 2.05) is 25.1 Å². The number of amides is 1. The molecule has 104 valence electrons. The van der Waals surface area contributed by atoms with Crippen LogP contribution in [0.3, 0.4) is 0 Å². The van der Waals surface area contributed by atoms with Gasteiger partial charge in [0.25, 0.3) is 5.91 Å². The molecule has 0 saturated carbocycles. The molecule has 1 aromatic carbocycles. The Hall–Kier alpha value is -2.43. The highest BCUT2D eigenvalue weighted by molar-refractivity contribution is 6.07. The second-order valence-corrected chi connectivity index (χ2v) is 4.54. The summed E-state index contributed by atoms with van der Waals surface area (Å²) in [5.74, 6) is 0.253. The maximum atomic E-state index is 12.3. The van der Waals surface area contributed by atoms with E-state index in [-0.39, 0.29) is 5.91 Å². The highest BCUT2D eigenvalue weighted by Gasteiger charge is 2.12. The molecule has 0 fully saturated rings. The fourth-order valence-corrected chi connectivity index (χ4v) is 1.81. The molecule has 20 heavy (non-hydrogen) atoms. The fraction of sp³-hybridized carbons (Fsp3) is 0.267. The maximum absolute atomic E-state index is 12.3. The first-order valence-corrected chi connectivity index (χ1v) is 6.64. The van der Waals surface area contributed by atoms with Gasteiger partial charge in [-0.15, -0.1) is 5.10 Å². The van der Waals surface area contributed by atoms with Gasteiger partial charge in [0, 0.05) is 18.4 Å². The Kier molecular flexibility index (Phi) is 4.65. The smallest absolute Gasteiger partial charge is 0.258 e. The van der Waals surface area contributed by atoms with Crippen molar-refractivity contribution in [3.05, 3.63) is 47.7 Å². The molecule has 0 atom stereocenters. The second-order valence-electron chi connectivity index (χ2n) is 4.54. The third-order valence-electron chi connectivity index (χ3n) is 2.80. The second kappa shape index (κ2) is 6.65. The standard InChI is InChI=1S/C15H18N4O/c1-3-8-16-13-10-11(2)6-7-12(13)15(20)18-14-5-4-9-17-19-14/h4-7,9-10,16H,3,8H2,1-2H3,(H,18,19,20). The van der Waals surface area contributed by atoms with E-state index in [9.17, 15) is 4.79 Å². The number of carbonyl (C=O) groups excluding carboxylic acids is 1. The molecular weight excluding hydrogens is 252 g/mol. The summed E-state index contributed by atoms with van der Waals surface area (Å²) < 4.78 is 0. The number of rotatable bonds is 5. The molecule has 0 aliphatic carbocycles. The third kappa shape index (κ3) is 3.54. The molecule has 2 rings (SSSR count). The van der Waals surface area contributed by atoms with Crippen LogP contribution in [0, 0.1) is 6.92 Å². The Balaban J connectivity index is 2.20. The van der Waals surface area contributed by atoms with Crippen LogP contribution >= 0.6 is 0 Å². The molecule has 2 N–H and O–H groups in total. The number of hydrogen-bond donors (Lipinski definition) is 2. The van der Waals surface area contributed by atoms with Crippen LogP contribution in [-0.4, -0.2) is 22.6 Å². The average Bonchev–Trinajstić information content (AvgIpc) is 2.46. The van der Waals surface area contributed by atoms with Gasteiger partial charge in [-0.25, -0.2) is 0 Å². The lowest BCUT2D eigenvalue weighted by Crippen LogP contribution is -2.16. The molecule has 0 aliphatic rings. The van der Waals surface area contributed by atoms with Gasteiger partial charge in [0.15, 0.2) is 5.82 Å². The summed E-state index contributed by atoms with van der Waals surface area (Å²) in [5, 5.41) is 13.6. The number of aryl methyl sites for hydroxylation is 1. The van der Waals surface area contributed by atoms with Crippen molar-refractivity contribution in [2.45, 2.75) is 20.3 Å². The van der Waals surface area contributed by atoms with Crippen molar-refractivity contribution in [3.8, 4) is 0 Å². The van der Waals surface area contributed by atoms with Crippen molar-refractivity contribution in [3.63, 3.8) is 0 Å². The zero-order valence-electron chi connectivity index (χ0n) is 11.7. The Labute approximate surface area is 118 Å². The Morgan fingerprint density at radius 3 is 2.85 bits per heavy atom. The summed E-state index contributed by atoms with van der Waals surface area (Å²) in [7, 11) is 0. The SMILES string of the molecule is CCCNc1cc(C)ccc1C(=O)Nc1cccnn1. The lowest BCUT2D eigenvalue weighted by Gasteiger charge is -2.12. The van der Waals surface area contributed by atoms with E-state index in [4.69, 9.17) is 0 Å². The summed E-state index contributed by atoms with van der Waals surface area (Å²) >= 11 is 0. The number of carbonyl (C=O) groups is 1. The van der Waals surface area contributed by atoms with Gasteiger partial charge < -0.3 is 10.6 Å². The summed E-state index contributed by atoms with van der Waals surface area (Å²) in [6.07, 6.45) is 2.56. The summed E-state index contributed by atoms with van der Waals surface area (Å²) in [6.45, 7) is 4.92. The highest BCUT2D eigenvalue weighted by atomic mass is 16.1. The zero-order valence-corrected chi connectivity index (χ0v) is 11.7. The predicted octanol–water partition coefficient (Wildman–Crippen LogP) is 2.86. The Morgan fingerprint density at radius 2 is 2.15 bits per heavy atom. The van der Waals surface area contributed by atoms with Crippen molar-refractivity contribution in [2.24, 2.45) is 0 Å². The van der Waals surface area contributed by atoms with E-state index in [0.29, 0.717) is 11.4 Å². The van der Waals surface area contributed by atoms with Gasteiger partial charge in [-0.3, -0.25) is 4.79 Å². The van der Waals surface area contributed by atoms with Gasteiger partial charge in [0.2, 0.25) is 0 Å². The van der Waals surface area contributed by atoms with Crippen LogP contribution in [0.2, 0.25) is 0 Å². The van der Waals surface area contributed by atoms with Crippen molar-refractivity contribution in [1.82, 2.24) is 10.2 Å². The molecule has 5 heteroatoms. The fourth-order valence-electron chi connectivity index (χ4n) is 1.81. The summed E-state index contributed by atoms with van der Waals surface area (Å²) in [4.78, 5) is 12.3. The van der Waals surface area contributed by atoms with E-state index >= 15 is 0 Å². The van der Waals surface area contributed by atoms with Gasteiger partial charge in [0.1, 0.15) is 0 Å². The normalized spacial score (nSPS) is 10.1. The molecule has 2 aromatic rings. The Morgan fingerprint density at radius 1 is 1.30 bits per heavy atom. The van der Waals surface area contributed by atoms with Crippen molar-refractivity contribution in [2.75, 3.05) is 17.2 Å². The molecule has 0 unspecified atom stereocenters. The van der Waals surface area contributed by atoms with E-state index in [1.165, 1.54) is 0 Å². The lowest BCUT2D eigenvalue weighted by atomic mass is 10.1. The van der Waals surface area contributed by atoms with E-state index < -0.39 is 0 Å². The van der Waals surface area contributed by atoms with Crippen LogP contribution in [0.1, 0.15) is 29.3 Å². The number of anilines is 2. The molecule has 0 saturated heterocycles. The first-order chi connectivity index (χ1) is 9.70. The van der Waals surface area contributed by atoms with E-state index in [0.717, 1.165) is 24.2 Å². The van der Waals surface area contributed by atoms with Crippen LogP contribution in [-0.2, 0) is 0 Å². The predicted molar refractivity (Wildman–Crippen MR) is 79.9 cm³/mol. The number of benzene rings is 1. The van der Waals surface area contributed by atoms with Gasteiger partial charge in [-0.2, -0.15) is 5.10 Å². The van der Waals surface area contributed by atoms with E-state index in [2.05, 4.69) is 27.8 Å². The number of aromatic nitrogens is 2. The zero-order chi connectivity index (χ0) is 14.4. The van der Waals surface area contributed by atoms with E-state index in [1.54, 1.807) is 18.3 Å². The molecule has 0 spiro atoms. The number of hydrogen-bond acceptors (Lipinski definition) is 4. The van der Waals surface area contributed by atoms with Crippen molar-refractivity contribution < 1.29 is 4.79 Å². The number of nitrogens with one attached hydrogen (secondary N) is 2. The molecule has 5 nitrogen and oxygen atoms in total. The molecule has 1 aromatic heterocycles. The van der Waals surface area contributed by atoms with Crippen LogP contribution in [0.25, 0.3) is 0 Å². The molecule has 0 radical (unpaired) electrons. The summed E-state index contributed by atoms with van der Waals surface area (Å²) in [5.41, 5.74) is 2.56. The van der Waals surface area contributed by atoms with Crippen LogP contribution < -0.4 is 10.6 Å². The molecule has 0 aliphatic heterocycles. The van der Waals surface area contributed by atoms with Crippen molar-refractivity contribution >= 4 is 17.4 Å². The van der Waals surface area contributed by atoms with Crippen LogP contribution in [0.5, 0.6) is 0 Å². The minimum Gasteiger partial charge on any atom is -0.384 e.